The molecule has 23 heavy (non-hydrogen) atoms. The van der Waals surface area contributed by atoms with Crippen LogP contribution in [0.3, 0.4) is 0 Å². The Morgan fingerprint density at radius 3 is 2.91 bits per heavy atom. The number of rotatable bonds is 4. The van der Waals surface area contributed by atoms with E-state index in [9.17, 15) is 5.11 Å². The molecular weight excluding hydrogens is 284 g/mol. The molecule has 3 rings (SSSR count). The molecule has 0 fully saturated rings. The number of ether oxygens (including phenoxy) is 1. The van der Waals surface area contributed by atoms with Crippen LogP contribution in [0.25, 0.3) is 0 Å². The number of phenols is 1. The lowest BCUT2D eigenvalue weighted by molar-refractivity contribution is 0.274. The monoisotopic (exact) mass is 312 g/mol. The number of allylic oxidation sites excluding steroid dienone is 3. The summed E-state index contributed by atoms with van der Waals surface area (Å²) in [6, 6.07) is 4.05. The van der Waals surface area contributed by atoms with Crippen LogP contribution in [-0.2, 0) is 6.42 Å². The van der Waals surface area contributed by atoms with E-state index in [1.807, 2.05) is 6.07 Å². The van der Waals surface area contributed by atoms with Gasteiger partial charge in [0.05, 0.1) is 0 Å². The molecule has 0 radical (unpaired) electrons. The van der Waals surface area contributed by atoms with Gasteiger partial charge in [-0.25, -0.2) is 0 Å². The first kappa shape index (κ1) is 16.2. The van der Waals surface area contributed by atoms with Gasteiger partial charge in [0.1, 0.15) is 17.3 Å². The zero-order valence-electron chi connectivity index (χ0n) is 14.6. The fraction of sp³-hybridized carbons (Fsp3) is 0.524. The Bertz CT molecular complexity index is 641. The first-order chi connectivity index (χ1) is 11.0. The molecular formula is C21H28O2. The van der Waals surface area contributed by atoms with Crippen LogP contribution < -0.4 is 4.74 Å². The van der Waals surface area contributed by atoms with Crippen molar-refractivity contribution >= 4 is 0 Å². The van der Waals surface area contributed by atoms with Crippen molar-refractivity contribution in [1.29, 1.82) is 0 Å². The molecule has 1 aromatic carbocycles. The van der Waals surface area contributed by atoms with E-state index in [0.29, 0.717) is 17.6 Å². The normalized spacial score (nSPS) is 24.3. The summed E-state index contributed by atoms with van der Waals surface area (Å²) in [5.41, 5.74) is 3.50. The molecule has 124 valence electrons. The first-order valence-electron chi connectivity index (χ1n) is 8.89. The molecule has 1 aliphatic carbocycles. The van der Waals surface area contributed by atoms with Crippen LogP contribution in [0.15, 0.2) is 36.1 Å². The van der Waals surface area contributed by atoms with Gasteiger partial charge in [-0.2, -0.15) is 0 Å². The summed E-state index contributed by atoms with van der Waals surface area (Å²) in [6.45, 7) is 10.8. The van der Waals surface area contributed by atoms with Gasteiger partial charge in [-0.05, 0) is 49.8 Å². The van der Waals surface area contributed by atoms with Crippen molar-refractivity contribution in [3.05, 3.63) is 47.2 Å². The minimum atomic E-state index is 0.210. The summed E-state index contributed by atoms with van der Waals surface area (Å²) < 4.78 is 6.02. The van der Waals surface area contributed by atoms with E-state index in [2.05, 4.69) is 39.5 Å². The van der Waals surface area contributed by atoms with Gasteiger partial charge in [-0.1, -0.05) is 44.9 Å². The average Bonchev–Trinajstić information content (AvgIpc) is 2.46. The first-order valence-corrected chi connectivity index (χ1v) is 8.89. The highest BCUT2D eigenvalue weighted by atomic mass is 16.5. The SMILES string of the molecule is C=C1Oc2cc(CC(C)CCC)cc(O)c2C2C=C(C)CC[C@@H]12. The van der Waals surface area contributed by atoms with E-state index in [1.54, 1.807) is 0 Å². The van der Waals surface area contributed by atoms with E-state index in [1.165, 1.54) is 18.4 Å². The topological polar surface area (TPSA) is 29.5 Å². The molecule has 1 aromatic rings. The Hall–Kier alpha value is -1.70. The van der Waals surface area contributed by atoms with Gasteiger partial charge < -0.3 is 9.84 Å². The summed E-state index contributed by atoms with van der Waals surface area (Å²) in [6.07, 6.45) is 7.82. The van der Waals surface area contributed by atoms with Crippen LogP contribution in [-0.4, -0.2) is 5.11 Å². The molecule has 3 atom stereocenters. The molecule has 2 nitrogen and oxygen atoms in total. The number of benzene rings is 1. The highest BCUT2D eigenvalue weighted by Gasteiger charge is 2.36. The maximum absolute atomic E-state index is 10.7. The van der Waals surface area contributed by atoms with Gasteiger partial charge in [0.25, 0.3) is 0 Å². The third-order valence-electron chi connectivity index (χ3n) is 5.28. The van der Waals surface area contributed by atoms with Gasteiger partial charge >= 0.3 is 0 Å². The van der Waals surface area contributed by atoms with E-state index < -0.39 is 0 Å². The summed E-state index contributed by atoms with van der Waals surface area (Å²) in [5.74, 6) is 3.16. The van der Waals surface area contributed by atoms with Crippen molar-refractivity contribution in [2.24, 2.45) is 11.8 Å². The summed E-state index contributed by atoms with van der Waals surface area (Å²) in [5, 5.41) is 10.7. The van der Waals surface area contributed by atoms with Crippen LogP contribution in [0.5, 0.6) is 11.5 Å². The minimum Gasteiger partial charge on any atom is -0.507 e. The predicted molar refractivity (Wildman–Crippen MR) is 94.9 cm³/mol. The minimum absolute atomic E-state index is 0.210. The summed E-state index contributed by atoms with van der Waals surface area (Å²) in [4.78, 5) is 0. The van der Waals surface area contributed by atoms with E-state index in [-0.39, 0.29) is 5.92 Å². The Balaban J connectivity index is 1.96. The molecule has 0 aromatic heterocycles. The largest absolute Gasteiger partial charge is 0.507 e. The second kappa shape index (κ2) is 6.43. The smallest absolute Gasteiger partial charge is 0.134 e. The molecule has 1 heterocycles. The van der Waals surface area contributed by atoms with Crippen molar-refractivity contribution in [1.82, 2.24) is 0 Å². The number of fused-ring (bicyclic) bond motifs is 3. The Kier molecular flexibility index (Phi) is 4.52. The second-order valence-electron chi connectivity index (χ2n) is 7.38. The van der Waals surface area contributed by atoms with Gasteiger partial charge in [0.15, 0.2) is 0 Å². The Labute approximate surface area is 139 Å². The summed E-state index contributed by atoms with van der Waals surface area (Å²) in [7, 11) is 0. The van der Waals surface area contributed by atoms with Gasteiger partial charge in [-0.15, -0.1) is 0 Å². The number of hydrogen-bond donors (Lipinski definition) is 1. The maximum atomic E-state index is 10.7. The fourth-order valence-corrected chi connectivity index (χ4v) is 4.13. The zero-order valence-corrected chi connectivity index (χ0v) is 14.6. The Morgan fingerprint density at radius 2 is 2.17 bits per heavy atom. The Morgan fingerprint density at radius 1 is 1.39 bits per heavy atom. The highest BCUT2D eigenvalue weighted by Crippen LogP contribution is 2.51. The molecule has 2 unspecified atom stereocenters. The molecule has 0 bridgehead atoms. The maximum Gasteiger partial charge on any atom is 0.134 e. The fourth-order valence-electron chi connectivity index (χ4n) is 4.13. The quantitative estimate of drug-likeness (QED) is 0.721. The van der Waals surface area contributed by atoms with Gasteiger partial charge in [0, 0.05) is 17.4 Å². The van der Waals surface area contributed by atoms with Crippen molar-refractivity contribution < 1.29 is 9.84 Å². The predicted octanol–water partition coefficient (Wildman–Crippen LogP) is 5.72. The van der Waals surface area contributed by atoms with Crippen LogP contribution in [0.2, 0.25) is 0 Å². The molecule has 0 saturated carbocycles. The molecule has 2 heteroatoms. The van der Waals surface area contributed by atoms with Crippen LogP contribution in [0, 0.1) is 11.8 Å². The lowest BCUT2D eigenvalue weighted by Crippen LogP contribution is -2.25. The van der Waals surface area contributed by atoms with Gasteiger partial charge in [0.2, 0.25) is 0 Å². The number of aromatic hydroxyl groups is 1. The molecule has 0 amide bonds. The van der Waals surface area contributed by atoms with Crippen LogP contribution in [0.1, 0.15) is 63.5 Å². The van der Waals surface area contributed by atoms with Crippen molar-refractivity contribution in [2.45, 2.75) is 58.8 Å². The molecule has 1 aliphatic heterocycles. The van der Waals surface area contributed by atoms with Crippen molar-refractivity contribution in [3.63, 3.8) is 0 Å². The summed E-state index contributed by atoms with van der Waals surface area (Å²) >= 11 is 0. The second-order valence-corrected chi connectivity index (χ2v) is 7.38. The molecule has 2 aliphatic rings. The molecule has 1 N–H and O–H groups in total. The standard InChI is InChI=1S/C21H28O2/c1-5-6-13(2)9-16-11-19(22)21-18-10-14(3)7-8-17(18)15(4)23-20(21)12-16/h10-13,17-18,22H,4-9H2,1-3H3/t13?,17-,18?/m0/s1. The zero-order chi connectivity index (χ0) is 16.6. The lowest BCUT2D eigenvalue weighted by Gasteiger charge is -2.37. The molecule has 0 saturated heterocycles. The van der Waals surface area contributed by atoms with Gasteiger partial charge in [-0.3, -0.25) is 0 Å². The number of phenolic OH excluding ortho intramolecular Hbond substituents is 1. The lowest BCUT2D eigenvalue weighted by atomic mass is 9.74. The molecule has 0 spiro atoms. The van der Waals surface area contributed by atoms with Crippen LogP contribution in [0.4, 0.5) is 0 Å². The average molecular weight is 312 g/mol. The highest BCUT2D eigenvalue weighted by molar-refractivity contribution is 5.54. The third kappa shape index (κ3) is 3.17. The van der Waals surface area contributed by atoms with Crippen LogP contribution >= 0.6 is 0 Å². The van der Waals surface area contributed by atoms with E-state index in [0.717, 1.165) is 41.9 Å². The van der Waals surface area contributed by atoms with Crippen molar-refractivity contribution in [2.75, 3.05) is 0 Å². The third-order valence-corrected chi connectivity index (χ3v) is 5.28. The van der Waals surface area contributed by atoms with E-state index >= 15 is 0 Å². The van der Waals surface area contributed by atoms with E-state index in [4.69, 9.17) is 4.74 Å². The number of hydrogen-bond acceptors (Lipinski definition) is 2. The van der Waals surface area contributed by atoms with Crippen molar-refractivity contribution in [3.8, 4) is 11.5 Å².